The van der Waals surface area contributed by atoms with Crippen LogP contribution in [0.5, 0.6) is 0 Å². The number of rotatable bonds is 7. The fourth-order valence-corrected chi connectivity index (χ4v) is 4.08. The van der Waals surface area contributed by atoms with E-state index in [0.717, 1.165) is 32.6 Å². The largest absolute Gasteiger partial charge is 0.368 e. The molecule has 1 aliphatic rings. The molecule has 0 aliphatic carbocycles. The number of nitriles is 1. The van der Waals surface area contributed by atoms with Crippen molar-refractivity contribution in [2.75, 3.05) is 24.5 Å². The number of para-hydroxylation sites is 1. The van der Waals surface area contributed by atoms with E-state index in [-0.39, 0.29) is 0 Å². The van der Waals surface area contributed by atoms with Crippen LogP contribution in [0, 0.1) is 11.3 Å². The van der Waals surface area contributed by atoms with Gasteiger partial charge in [0.2, 0.25) is 0 Å². The van der Waals surface area contributed by atoms with Crippen LogP contribution in [-0.2, 0) is 13.0 Å². The Kier molecular flexibility index (Phi) is 6.23. The topological polar surface area (TPSA) is 56.9 Å². The van der Waals surface area contributed by atoms with Gasteiger partial charge >= 0.3 is 0 Å². The number of hydrogen-bond donors (Lipinski definition) is 1. The summed E-state index contributed by atoms with van der Waals surface area (Å²) in [6.07, 6.45) is 7.20. The van der Waals surface area contributed by atoms with E-state index < -0.39 is 0 Å². The molecule has 2 heterocycles. The van der Waals surface area contributed by atoms with Crippen molar-refractivity contribution in [3.05, 3.63) is 83.9 Å². The number of imidazole rings is 1. The van der Waals surface area contributed by atoms with Gasteiger partial charge in [-0.3, -0.25) is 0 Å². The summed E-state index contributed by atoms with van der Waals surface area (Å²) >= 11 is 0. The zero-order valence-corrected chi connectivity index (χ0v) is 16.7. The summed E-state index contributed by atoms with van der Waals surface area (Å²) in [5.41, 5.74) is 4.42. The van der Waals surface area contributed by atoms with E-state index in [0.29, 0.717) is 11.6 Å². The Labute approximate surface area is 172 Å². The van der Waals surface area contributed by atoms with Crippen LogP contribution in [0.2, 0.25) is 0 Å². The number of benzene rings is 2. The van der Waals surface area contributed by atoms with Gasteiger partial charge in [-0.25, -0.2) is 4.98 Å². The van der Waals surface area contributed by atoms with Crippen LogP contribution in [-0.4, -0.2) is 35.2 Å². The second-order valence-electron chi connectivity index (χ2n) is 7.58. The number of nitrogens with zero attached hydrogens (tertiary/aromatic N) is 4. The lowest BCUT2D eigenvalue weighted by molar-refractivity contribution is 0.429. The van der Waals surface area contributed by atoms with E-state index >= 15 is 0 Å². The summed E-state index contributed by atoms with van der Waals surface area (Å²) in [4.78, 5) is 6.97. The second-order valence-corrected chi connectivity index (χ2v) is 7.58. The third-order valence-corrected chi connectivity index (χ3v) is 5.68. The van der Waals surface area contributed by atoms with Crippen LogP contribution in [0.15, 0.2) is 67.1 Å². The Bertz CT molecular complexity index is 933. The summed E-state index contributed by atoms with van der Waals surface area (Å²) in [6, 6.07) is 21.3. The van der Waals surface area contributed by atoms with Crippen LogP contribution in [0.1, 0.15) is 29.7 Å². The molecule has 1 aliphatic heterocycles. The zero-order chi connectivity index (χ0) is 19.9. The van der Waals surface area contributed by atoms with Crippen LogP contribution < -0.4 is 10.2 Å². The summed E-state index contributed by atoms with van der Waals surface area (Å²) < 4.78 is 2.22. The first kappa shape index (κ1) is 19.2. The van der Waals surface area contributed by atoms with Gasteiger partial charge in [-0.1, -0.05) is 30.3 Å². The van der Waals surface area contributed by atoms with Crippen molar-refractivity contribution < 1.29 is 0 Å². The number of piperidine rings is 1. The highest BCUT2D eigenvalue weighted by molar-refractivity contribution is 5.47. The molecular weight excluding hydrogens is 358 g/mol. The molecule has 0 radical (unpaired) electrons. The highest BCUT2D eigenvalue weighted by atomic mass is 15.2. The average molecular weight is 386 g/mol. The first-order valence-corrected chi connectivity index (χ1v) is 10.3. The molecule has 0 saturated carbocycles. The molecule has 0 amide bonds. The van der Waals surface area contributed by atoms with Crippen molar-refractivity contribution in [1.82, 2.24) is 14.9 Å². The third kappa shape index (κ3) is 4.85. The predicted octanol–water partition coefficient (Wildman–Crippen LogP) is 3.60. The predicted molar refractivity (Wildman–Crippen MR) is 116 cm³/mol. The molecule has 0 unspecified atom stereocenters. The summed E-state index contributed by atoms with van der Waals surface area (Å²) in [6.45, 7) is 3.93. The highest BCUT2D eigenvalue weighted by Crippen LogP contribution is 2.22. The van der Waals surface area contributed by atoms with Crippen LogP contribution in [0.25, 0.3) is 0 Å². The molecule has 0 atom stereocenters. The molecule has 29 heavy (non-hydrogen) atoms. The molecule has 5 nitrogen and oxygen atoms in total. The number of hydrogen-bond acceptors (Lipinski definition) is 4. The van der Waals surface area contributed by atoms with Crippen molar-refractivity contribution in [3.63, 3.8) is 0 Å². The lowest BCUT2D eigenvalue weighted by Gasteiger charge is -2.36. The number of aromatic nitrogens is 2. The monoisotopic (exact) mass is 385 g/mol. The minimum atomic E-state index is 0.577. The van der Waals surface area contributed by atoms with Crippen LogP contribution in [0.4, 0.5) is 5.69 Å². The van der Waals surface area contributed by atoms with Gasteiger partial charge in [0.15, 0.2) is 0 Å². The smallest absolute Gasteiger partial charge is 0.0991 e. The fourth-order valence-electron chi connectivity index (χ4n) is 4.08. The van der Waals surface area contributed by atoms with E-state index in [2.05, 4.69) is 56.2 Å². The maximum absolute atomic E-state index is 8.98. The van der Waals surface area contributed by atoms with E-state index in [4.69, 9.17) is 5.26 Å². The van der Waals surface area contributed by atoms with Gasteiger partial charge in [-0.2, -0.15) is 5.26 Å². The average Bonchev–Trinajstić information content (AvgIpc) is 3.23. The van der Waals surface area contributed by atoms with Crippen molar-refractivity contribution in [2.24, 2.45) is 0 Å². The third-order valence-electron chi connectivity index (χ3n) is 5.68. The van der Waals surface area contributed by atoms with E-state index in [1.54, 1.807) is 0 Å². The molecule has 2 aromatic carbocycles. The Balaban J connectivity index is 1.46. The minimum absolute atomic E-state index is 0.577. The molecule has 3 aromatic rings. The Hall–Kier alpha value is -3.10. The molecular formula is C24H27N5. The van der Waals surface area contributed by atoms with Gasteiger partial charge in [0.05, 0.1) is 18.0 Å². The molecule has 0 spiro atoms. The molecule has 4 rings (SSSR count). The SMILES string of the molecule is N#Cc1ccc(Cn2cncc2CCN(c2ccccc2)C2CCNCC2)cc1. The van der Waals surface area contributed by atoms with Gasteiger partial charge in [0.1, 0.15) is 0 Å². The summed E-state index contributed by atoms with van der Waals surface area (Å²) in [5.74, 6) is 0. The lowest BCUT2D eigenvalue weighted by atomic mass is 10.0. The van der Waals surface area contributed by atoms with Crippen molar-refractivity contribution in [1.29, 1.82) is 5.26 Å². The van der Waals surface area contributed by atoms with Gasteiger partial charge in [0, 0.05) is 43.1 Å². The molecule has 1 N–H and O–H groups in total. The standard InChI is InChI=1S/C24H27N5/c25-16-20-6-8-21(9-7-20)18-28-19-27-17-24(28)12-15-29(22-4-2-1-3-5-22)23-10-13-26-14-11-23/h1-9,17,19,23,26H,10-15,18H2. The minimum Gasteiger partial charge on any atom is -0.368 e. The Morgan fingerprint density at radius 2 is 1.83 bits per heavy atom. The van der Waals surface area contributed by atoms with E-state index in [1.165, 1.54) is 29.8 Å². The highest BCUT2D eigenvalue weighted by Gasteiger charge is 2.21. The first-order chi connectivity index (χ1) is 14.3. The summed E-state index contributed by atoms with van der Waals surface area (Å²) in [5, 5.41) is 12.5. The normalized spacial score (nSPS) is 14.4. The maximum atomic E-state index is 8.98. The number of anilines is 1. The van der Waals surface area contributed by atoms with Crippen molar-refractivity contribution >= 4 is 5.69 Å². The van der Waals surface area contributed by atoms with E-state index in [9.17, 15) is 0 Å². The van der Waals surface area contributed by atoms with Gasteiger partial charge in [-0.15, -0.1) is 0 Å². The Morgan fingerprint density at radius 3 is 2.55 bits per heavy atom. The van der Waals surface area contributed by atoms with Gasteiger partial charge in [0.25, 0.3) is 0 Å². The quantitative estimate of drug-likeness (QED) is 0.675. The van der Waals surface area contributed by atoms with Gasteiger partial charge in [-0.05, 0) is 55.8 Å². The molecule has 1 fully saturated rings. The summed E-state index contributed by atoms with van der Waals surface area (Å²) in [7, 11) is 0. The number of nitrogens with one attached hydrogen (secondary N) is 1. The molecule has 148 valence electrons. The molecule has 1 saturated heterocycles. The molecule has 1 aromatic heterocycles. The van der Waals surface area contributed by atoms with Crippen molar-refractivity contribution in [2.45, 2.75) is 31.8 Å². The van der Waals surface area contributed by atoms with Crippen molar-refractivity contribution in [3.8, 4) is 6.07 Å². The maximum Gasteiger partial charge on any atom is 0.0991 e. The first-order valence-electron chi connectivity index (χ1n) is 10.3. The van der Waals surface area contributed by atoms with Crippen LogP contribution in [0.3, 0.4) is 0 Å². The van der Waals surface area contributed by atoms with Crippen LogP contribution >= 0.6 is 0 Å². The van der Waals surface area contributed by atoms with Gasteiger partial charge < -0.3 is 14.8 Å². The zero-order valence-electron chi connectivity index (χ0n) is 16.7. The fraction of sp³-hybridized carbons (Fsp3) is 0.333. The molecule has 5 heteroatoms. The second kappa shape index (κ2) is 9.40. The van der Waals surface area contributed by atoms with E-state index in [1.807, 2.05) is 36.8 Å². The lowest BCUT2D eigenvalue weighted by Crippen LogP contribution is -2.44. The molecule has 0 bridgehead atoms. The Morgan fingerprint density at radius 1 is 1.07 bits per heavy atom.